The summed E-state index contributed by atoms with van der Waals surface area (Å²) in [7, 11) is 0. The molecular formula is C21H30O2. The summed E-state index contributed by atoms with van der Waals surface area (Å²) in [5, 5.41) is 0. The first kappa shape index (κ1) is 15.6. The Bertz CT molecular complexity index is 589. The molecule has 0 N–H and O–H groups in total. The van der Waals surface area contributed by atoms with Gasteiger partial charge in [0.25, 0.3) is 0 Å². The number of carbonyl (C=O) groups excluding carboxylic acids is 2. The van der Waals surface area contributed by atoms with Crippen molar-refractivity contribution in [3.8, 4) is 0 Å². The summed E-state index contributed by atoms with van der Waals surface area (Å²) < 4.78 is 0. The van der Waals surface area contributed by atoms with Crippen molar-refractivity contribution >= 4 is 11.6 Å². The molecule has 4 aliphatic carbocycles. The van der Waals surface area contributed by atoms with E-state index >= 15 is 0 Å². The molecule has 6 atom stereocenters. The van der Waals surface area contributed by atoms with Crippen LogP contribution < -0.4 is 0 Å². The van der Waals surface area contributed by atoms with Gasteiger partial charge in [-0.25, -0.2) is 0 Å². The smallest absolute Gasteiger partial charge is 0.155 e. The molecule has 0 aromatic carbocycles. The summed E-state index contributed by atoms with van der Waals surface area (Å²) in [4.78, 5) is 24.0. The van der Waals surface area contributed by atoms with E-state index in [1.54, 1.807) is 6.92 Å². The summed E-state index contributed by atoms with van der Waals surface area (Å²) in [6, 6.07) is 0. The van der Waals surface area contributed by atoms with Crippen LogP contribution in [-0.2, 0) is 9.59 Å². The van der Waals surface area contributed by atoms with Gasteiger partial charge in [-0.05, 0) is 86.5 Å². The second kappa shape index (κ2) is 5.04. The van der Waals surface area contributed by atoms with Crippen molar-refractivity contribution in [1.82, 2.24) is 0 Å². The highest BCUT2D eigenvalue weighted by Gasteiger charge is 2.59. The molecule has 2 heteroatoms. The summed E-state index contributed by atoms with van der Waals surface area (Å²) in [5.41, 5.74) is 1.95. The largest absolute Gasteiger partial charge is 0.300 e. The van der Waals surface area contributed by atoms with Crippen molar-refractivity contribution in [3.05, 3.63) is 11.6 Å². The molecule has 23 heavy (non-hydrogen) atoms. The SMILES string of the molecule is CC(=O)[C@@H]1CC[C@@H]2[C@@H]3CCC4=CC(=O)CC[C@]4(C)[C@@H]3CC[C@@]21C. The van der Waals surface area contributed by atoms with Gasteiger partial charge in [0.1, 0.15) is 5.78 Å². The van der Waals surface area contributed by atoms with E-state index in [1.807, 2.05) is 6.08 Å². The lowest BCUT2D eigenvalue weighted by atomic mass is 9.47. The van der Waals surface area contributed by atoms with E-state index in [4.69, 9.17) is 0 Å². The quantitative estimate of drug-likeness (QED) is 0.701. The Morgan fingerprint density at radius 1 is 1.04 bits per heavy atom. The van der Waals surface area contributed by atoms with Crippen LogP contribution in [0, 0.1) is 34.5 Å². The molecule has 2 nitrogen and oxygen atoms in total. The van der Waals surface area contributed by atoms with Crippen LogP contribution in [0.3, 0.4) is 0 Å². The topological polar surface area (TPSA) is 34.1 Å². The molecule has 0 unspecified atom stereocenters. The first-order chi connectivity index (χ1) is 10.9. The van der Waals surface area contributed by atoms with Crippen LogP contribution in [-0.4, -0.2) is 11.6 Å². The first-order valence-electron chi connectivity index (χ1n) is 9.60. The Kier molecular flexibility index (Phi) is 3.42. The van der Waals surface area contributed by atoms with E-state index in [0.29, 0.717) is 17.5 Å². The van der Waals surface area contributed by atoms with Crippen molar-refractivity contribution in [2.75, 3.05) is 0 Å². The predicted molar refractivity (Wildman–Crippen MR) is 90.9 cm³/mol. The minimum atomic E-state index is 0.245. The highest BCUT2D eigenvalue weighted by molar-refractivity contribution is 5.91. The molecule has 0 radical (unpaired) electrons. The van der Waals surface area contributed by atoms with Crippen LogP contribution in [0.5, 0.6) is 0 Å². The normalized spacial score (nSPS) is 49.0. The second-order valence-corrected chi connectivity index (χ2v) is 9.25. The molecule has 0 saturated heterocycles. The Balaban J connectivity index is 1.67. The zero-order valence-corrected chi connectivity index (χ0v) is 14.9. The van der Waals surface area contributed by atoms with Gasteiger partial charge in [-0.15, -0.1) is 0 Å². The lowest BCUT2D eigenvalue weighted by Gasteiger charge is -2.58. The van der Waals surface area contributed by atoms with Crippen molar-refractivity contribution in [3.63, 3.8) is 0 Å². The number of Topliss-reactive ketones (excluding diaryl/α,β-unsaturated/α-hetero) is 1. The Morgan fingerprint density at radius 3 is 2.57 bits per heavy atom. The number of hydrogen-bond donors (Lipinski definition) is 0. The molecule has 4 aliphatic rings. The number of fused-ring (bicyclic) bond motifs is 5. The molecule has 0 amide bonds. The minimum Gasteiger partial charge on any atom is -0.300 e. The van der Waals surface area contributed by atoms with E-state index in [1.165, 1.54) is 31.3 Å². The van der Waals surface area contributed by atoms with Crippen molar-refractivity contribution in [2.24, 2.45) is 34.5 Å². The molecule has 0 bridgehead atoms. The van der Waals surface area contributed by atoms with Crippen molar-refractivity contribution in [1.29, 1.82) is 0 Å². The highest BCUT2D eigenvalue weighted by atomic mass is 16.1. The van der Waals surface area contributed by atoms with E-state index in [2.05, 4.69) is 13.8 Å². The van der Waals surface area contributed by atoms with Gasteiger partial charge in [0.05, 0.1) is 0 Å². The Morgan fingerprint density at radius 2 is 1.83 bits per heavy atom. The van der Waals surface area contributed by atoms with Gasteiger partial charge in [-0.2, -0.15) is 0 Å². The van der Waals surface area contributed by atoms with Crippen LogP contribution in [0.1, 0.15) is 72.1 Å². The fourth-order valence-electron chi connectivity index (χ4n) is 7.23. The molecule has 0 spiro atoms. The van der Waals surface area contributed by atoms with Gasteiger partial charge in [-0.1, -0.05) is 19.4 Å². The third-order valence-electron chi connectivity index (χ3n) is 8.45. The number of ketones is 2. The van der Waals surface area contributed by atoms with Gasteiger partial charge in [0.15, 0.2) is 5.78 Å². The van der Waals surface area contributed by atoms with Gasteiger partial charge in [-0.3, -0.25) is 9.59 Å². The Hall–Kier alpha value is -0.920. The molecule has 0 aliphatic heterocycles. The van der Waals surface area contributed by atoms with Gasteiger partial charge in [0.2, 0.25) is 0 Å². The van der Waals surface area contributed by atoms with E-state index in [-0.39, 0.29) is 10.8 Å². The van der Waals surface area contributed by atoms with Crippen LogP contribution in [0.15, 0.2) is 11.6 Å². The van der Waals surface area contributed by atoms with E-state index in [0.717, 1.165) is 43.4 Å². The summed E-state index contributed by atoms with van der Waals surface area (Å²) >= 11 is 0. The molecule has 0 heterocycles. The lowest BCUT2D eigenvalue weighted by molar-refractivity contribution is -0.128. The standard InChI is InChI=1S/C21H30O2/c1-13(22)17-6-7-18-16-5-4-14-12-15(23)8-10-20(14,2)19(16)9-11-21(17,18)3/h12,16-19H,4-11H2,1-3H3/t16-,17-,18+,19+,20-,21+/m0/s1. The average Bonchev–Trinajstić information content (AvgIpc) is 2.85. The third kappa shape index (κ3) is 2.06. The van der Waals surface area contributed by atoms with Crippen LogP contribution in [0.2, 0.25) is 0 Å². The fraction of sp³-hybridized carbons (Fsp3) is 0.810. The van der Waals surface area contributed by atoms with Crippen LogP contribution in [0.25, 0.3) is 0 Å². The maximum atomic E-state index is 12.1. The second-order valence-electron chi connectivity index (χ2n) is 9.25. The molecule has 4 rings (SSSR count). The summed E-state index contributed by atoms with van der Waals surface area (Å²) in [6.45, 7) is 6.65. The third-order valence-corrected chi connectivity index (χ3v) is 8.45. The molecule has 0 aromatic heterocycles. The van der Waals surface area contributed by atoms with Crippen LogP contribution >= 0.6 is 0 Å². The number of carbonyl (C=O) groups is 2. The van der Waals surface area contributed by atoms with Crippen molar-refractivity contribution in [2.45, 2.75) is 72.1 Å². The zero-order valence-electron chi connectivity index (χ0n) is 14.9. The van der Waals surface area contributed by atoms with Gasteiger partial charge in [0, 0.05) is 12.3 Å². The monoisotopic (exact) mass is 314 g/mol. The lowest BCUT2D eigenvalue weighted by Crippen LogP contribution is -2.51. The maximum Gasteiger partial charge on any atom is 0.155 e. The number of rotatable bonds is 1. The maximum absolute atomic E-state index is 12.1. The highest BCUT2D eigenvalue weighted by Crippen LogP contribution is 2.66. The van der Waals surface area contributed by atoms with Crippen LogP contribution in [0.4, 0.5) is 0 Å². The predicted octanol–water partition coefficient (Wildman–Crippen LogP) is 4.72. The minimum absolute atomic E-state index is 0.245. The van der Waals surface area contributed by atoms with Gasteiger partial charge < -0.3 is 0 Å². The first-order valence-corrected chi connectivity index (χ1v) is 9.60. The van der Waals surface area contributed by atoms with Gasteiger partial charge >= 0.3 is 0 Å². The van der Waals surface area contributed by atoms with E-state index in [9.17, 15) is 9.59 Å². The summed E-state index contributed by atoms with van der Waals surface area (Å²) in [5.74, 6) is 3.29. The molecule has 3 fully saturated rings. The van der Waals surface area contributed by atoms with E-state index < -0.39 is 0 Å². The molecule has 126 valence electrons. The Labute approximate surface area is 140 Å². The molecule has 3 saturated carbocycles. The molecule has 0 aromatic rings. The average molecular weight is 314 g/mol. The summed E-state index contributed by atoms with van der Waals surface area (Å²) in [6.07, 6.45) is 10.9. The zero-order chi connectivity index (χ0) is 16.4. The number of hydrogen-bond acceptors (Lipinski definition) is 2. The fourth-order valence-corrected chi connectivity index (χ4v) is 7.23. The molecular weight excluding hydrogens is 284 g/mol. The van der Waals surface area contributed by atoms with Crippen molar-refractivity contribution < 1.29 is 9.59 Å². The number of allylic oxidation sites excluding steroid dienone is 1.